The normalized spacial score (nSPS) is 13.6. The molecule has 0 aliphatic carbocycles. The highest BCUT2D eigenvalue weighted by Gasteiger charge is 2.25. The molecular formula is C14H20N2O3. The standard InChI is InChI=1S/C14H20N2O3/c1-4-11(3)16(9-10(2)14(18)19)13(17)12-6-5-7-15-8-12/h5-8,10-11H,4,9H2,1-3H3,(H,18,19). The minimum absolute atomic E-state index is 0.00509. The van der Waals surface area contributed by atoms with Gasteiger partial charge in [-0.25, -0.2) is 0 Å². The lowest BCUT2D eigenvalue weighted by Crippen LogP contribution is -2.42. The monoisotopic (exact) mass is 264 g/mol. The summed E-state index contributed by atoms with van der Waals surface area (Å²) in [6.07, 6.45) is 3.88. The minimum Gasteiger partial charge on any atom is -0.481 e. The number of carbonyl (C=O) groups excluding carboxylic acids is 1. The van der Waals surface area contributed by atoms with Gasteiger partial charge in [0.1, 0.15) is 0 Å². The summed E-state index contributed by atoms with van der Waals surface area (Å²) in [4.78, 5) is 28.9. The molecule has 0 fully saturated rings. The Hall–Kier alpha value is -1.91. The maximum atomic E-state index is 12.4. The van der Waals surface area contributed by atoms with Crippen LogP contribution in [0.3, 0.4) is 0 Å². The van der Waals surface area contributed by atoms with Crippen LogP contribution in [0.5, 0.6) is 0 Å². The molecule has 5 nitrogen and oxygen atoms in total. The molecule has 0 spiro atoms. The van der Waals surface area contributed by atoms with Gasteiger partial charge in [0.25, 0.3) is 5.91 Å². The fraction of sp³-hybridized carbons (Fsp3) is 0.500. The Labute approximate surface area is 113 Å². The average molecular weight is 264 g/mol. The van der Waals surface area contributed by atoms with Crippen molar-refractivity contribution in [2.24, 2.45) is 5.92 Å². The van der Waals surface area contributed by atoms with Crippen molar-refractivity contribution < 1.29 is 14.7 Å². The molecule has 0 aliphatic rings. The van der Waals surface area contributed by atoms with Gasteiger partial charge in [-0.2, -0.15) is 0 Å². The molecular weight excluding hydrogens is 244 g/mol. The van der Waals surface area contributed by atoms with Crippen molar-refractivity contribution in [3.8, 4) is 0 Å². The van der Waals surface area contributed by atoms with Crippen LogP contribution in [-0.2, 0) is 4.79 Å². The Morgan fingerprint density at radius 2 is 2.11 bits per heavy atom. The molecule has 1 aromatic heterocycles. The molecule has 1 amide bonds. The van der Waals surface area contributed by atoms with Crippen LogP contribution in [0, 0.1) is 5.92 Å². The van der Waals surface area contributed by atoms with Crippen LogP contribution in [0.25, 0.3) is 0 Å². The van der Waals surface area contributed by atoms with Gasteiger partial charge < -0.3 is 10.0 Å². The van der Waals surface area contributed by atoms with Crippen LogP contribution >= 0.6 is 0 Å². The lowest BCUT2D eigenvalue weighted by molar-refractivity contribution is -0.141. The van der Waals surface area contributed by atoms with Gasteiger partial charge >= 0.3 is 5.97 Å². The average Bonchev–Trinajstić information content (AvgIpc) is 2.43. The van der Waals surface area contributed by atoms with E-state index in [9.17, 15) is 9.59 Å². The van der Waals surface area contributed by atoms with E-state index in [0.29, 0.717) is 5.56 Å². The lowest BCUT2D eigenvalue weighted by Gasteiger charge is -2.30. The molecule has 0 saturated heterocycles. The van der Waals surface area contributed by atoms with Crippen molar-refractivity contribution in [2.45, 2.75) is 33.2 Å². The highest BCUT2D eigenvalue weighted by Crippen LogP contribution is 2.13. The summed E-state index contributed by atoms with van der Waals surface area (Å²) in [5.41, 5.74) is 0.486. The molecule has 0 aromatic carbocycles. The number of hydrogen-bond donors (Lipinski definition) is 1. The number of aliphatic carboxylic acids is 1. The molecule has 2 atom stereocenters. The Morgan fingerprint density at radius 1 is 1.42 bits per heavy atom. The van der Waals surface area contributed by atoms with E-state index >= 15 is 0 Å². The number of carbonyl (C=O) groups is 2. The van der Waals surface area contributed by atoms with Crippen molar-refractivity contribution in [2.75, 3.05) is 6.54 Å². The minimum atomic E-state index is -0.896. The lowest BCUT2D eigenvalue weighted by atomic mass is 10.1. The second-order valence-electron chi connectivity index (χ2n) is 4.70. The SMILES string of the molecule is CCC(C)N(CC(C)C(=O)O)C(=O)c1cccnc1. The largest absolute Gasteiger partial charge is 0.481 e. The maximum absolute atomic E-state index is 12.4. The number of aromatic nitrogens is 1. The van der Waals surface area contributed by atoms with Gasteiger partial charge in [-0.1, -0.05) is 13.8 Å². The summed E-state index contributed by atoms with van der Waals surface area (Å²) >= 11 is 0. The molecule has 1 rings (SSSR count). The van der Waals surface area contributed by atoms with Gasteiger partial charge in [-0.05, 0) is 25.5 Å². The maximum Gasteiger partial charge on any atom is 0.308 e. The first-order chi connectivity index (χ1) is 8.97. The van der Waals surface area contributed by atoms with Crippen LogP contribution < -0.4 is 0 Å². The number of hydrogen-bond acceptors (Lipinski definition) is 3. The second-order valence-corrected chi connectivity index (χ2v) is 4.70. The number of amides is 1. The van der Waals surface area contributed by atoms with E-state index in [-0.39, 0.29) is 18.5 Å². The molecule has 19 heavy (non-hydrogen) atoms. The predicted molar refractivity (Wildman–Crippen MR) is 71.8 cm³/mol. The van der Waals surface area contributed by atoms with E-state index in [1.165, 1.54) is 6.20 Å². The number of carboxylic acid groups (broad SMARTS) is 1. The summed E-state index contributed by atoms with van der Waals surface area (Å²) in [7, 11) is 0. The quantitative estimate of drug-likeness (QED) is 0.853. The Kier molecular flexibility index (Phi) is 5.48. The number of rotatable bonds is 6. The zero-order valence-electron chi connectivity index (χ0n) is 11.5. The molecule has 0 bridgehead atoms. The third-order valence-electron chi connectivity index (χ3n) is 3.18. The first-order valence-corrected chi connectivity index (χ1v) is 6.41. The van der Waals surface area contributed by atoms with Crippen molar-refractivity contribution in [1.29, 1.82) is 0 Å². The summed E-state index contributed by atoms with van der Waals surface area (Å²) < 4.78 is 0. The molecule has 1 aromatic rings. The van der Waals surface area contributed by atoms with Crippen molar-refractivity contribution in [3.05, 3.63) is 30.1 Å². The molecule has 104 valence electrons. The topological polar surface area (TPSA) is 70.5 Å². The number of nitrogens with zero attached hydrogens (tertiary/aromatic N) is 2. The Morgan fingerprint density at radius 3 is 2.58 bits per heavy atom. The van der Waals surface area contributed by atoms with E-state index in [0.717, 1.165) is 6.42 Å². The van der Waals surface area contributed by atoms with E-state index in [1.807, 2.05) is 13.8 Å². The summed E-state index contributed by atoms with van der Waals surface area (Å²) in [6.45, 7) is 5.70. The first kappa shape index (κ1) is 15.1. The van der Waals surface area contributed by atoms with Crippen molar-refractivity contribution in [1.82, 2.24) is 9.88 Å². The van der Waals surface area contributed by atoms with Crippen LogP contribution in [0.4, 0.5) is 0 Å². The Bertz CT molecular complexity index is 434. The van der Waals surface area contributed by atoms with Gasteiger partial charge in [0, 0.05) is 25.0 Å². The molecule has 2 unspecified atom stereocenters. The third kappa shape index (κ3) is 4.05. The molecule has 0 saturated carbocycles. The van der Waals surface area contributed by atoms with Crippen LogP contribution in [0.2, 0.25) is 0 Å². The second kappa shape index (κ2) is 6.87. The van der Waals surface area contributed by atoms with Gasteiger partial charge in [0.05, 0.1) is 11.5 Å². The predicted octanol–water partition coefficient (Wildman–Crippen LogP) is 2.04. The fourth-order valence-electron chi connectivity index (χ4n) is 1.71. The van der Waals surface area contributed by atoms with Gasteiger partial charge in [-0.3, -0.25) is 14.6 Å². The third-order valence-corrected chi connectivity index (χ3v) is 3.18. The highest BCUT2D eigenvalue weighted by molar-refractivity contribution is 5.94. The highest BCUT2D eigenvalue weighted by atomic mass is 16.4. The first-order valence-electron chi connectivity index (χ1n) is 6.41. The molecule has 1 heterocycles. The van der Waals surface area contributed by atoms with Gasteiger partial charge in [0.15, 0.2) is 0 Å². The summed E-state index contributed by atoms with van der Waals surface area (Å²) in [5, 5.41) is 8.99. The molecule has 1 N–H and O–H groups in total. The van der Waals surface area contributed by atoms with Crippen molar-refractivity contribution >= 4 is 11.9 Å². The zero-order chi connectivity index (χ0) is 14.4. The van der Waals surface area contributed by atoms with Crippen LogP contribution in [0.15, 0.2) is 24.5 Å². The number of pyridine rings is 1. The fourth-order valence-corrected chi connectivity index (χ4v) is 1.71. The summed E-state index contributed by atoms with van der Waals surface area (Å²) in [6, 6.07) is 3.38. The zero-order valence-corrected chi connectivity index (χ0v) is 11.5. The van der Waals surface area contributed by atoms with Gasteiger partial charge in [-0.15, -0.1) is 0 Å². The van der Waals surface area contributed by atoms with Crippen molar-refractivity contribution in [3.63, 3.8) is 0 Å². The van der Waals surface area contributed by atoms with Crippen LogP contribution in [-0.4, -0.2) is 39.5 Å². The summed E-state index contributed by atoms with van der Waals surface area (Å²) in [5.74, 6) is -1.66. The molecule has 0 radical (unpaired) electrons. The van der Waals surface area contributed by atoms with E-state index in [1.54, 1.807) is 30.2 Å². The Balaban J connectivity index is 2.91. The van der Waals surface area contributed by atoms with Crippen LogP contribution in [0.1, 0.15) is 37.6 Å². The van der Waals surface area contributed by atoms with E-state index < -0.39 is 11.9 Å². The van der Waals surface area contributed by atoms with Gasteiger partial charge in [0.2, 0.25) is 0 Å². The molecule has 5 heteroatoms. The number of carboxylic acids is 1. The smallest absolute Gasteiger partial charge is 0.308 e. The molecule has 0 aliphatic heterocycles. The van der Waals surface area contributed by atoms with E-state index in [2.05, 4.69) is 4.98 Å². The van der Waals surface area contributed by atoms with E-state index in [4.69, 9.17) is 5.11 Å².